The summed E-state index contributed by atoms with van der Waals surface area (Å²) in [6.07, 6.45) is -0.975. The van der Waals surface area contributed by atoms with Gasteiger partial charge < -0.3 is 15.7 Å². The summed E-state index contributed by atoms with van der Waals surface area (Å²) < 4.78 is 13.5. The first-order valence-electron chi connectivity index (χ1n) is 6.85. The molecule has 1 rings (SSSR count). The van der Waals surface area contributed by atoms with Crippen LogP contribution in [0.5, 0.6) is 0 Å². The first-order valence-corrected chi connectivity index (χ1v) is 6.85. The summed E-state index contributed by atoms with van der Waals surface area (Å²) in [5.74, 6) is -0.187. The summed E-state index contributed by atoms with van der Waals surface area (Å²) in [5.41, 5.74) is 0.231. The predicted molar refractivity (Wildman–Crippen MR) is 76.7 cm³/mol. The summed E-state index contributed by atoms with van der Waals surface area (Å²) in [4.78, 5) is 11.7. The molecule has 0 saturated heterocycles. The number of benzene rings is 1. The molecule has 0 aliphatic carbocycles. The molecule has 0 fully saturated rings. The molecule has 0 radical (unpaired) electrons. The molecule has 0 aliphatic heterocycles. The van der Waals surface area contributed by atoms with Gasteiger partial charge in [0.05, 0.1) is 12.1 Å². The summed E-state index contributed by atoms with van der Waals surface area (Å²) in [5, 5.41) is 15.6. The van der Waals surface area contributed by atoms with Gasteiger partial charge >= 0.3 is 0 Å². The van der Waals surface area contributed by atoms with E-state index in [0.29, 0.717) is 12.5 Å². The molecule has 2 atom stereocenters. The first kappa shape index (κ1) is 16.6. The number of nitrogens with one attached hydrogen (secondary N) is 2. The zero-order valence-electron chi connectivity index (χ0n) is 12.2. The van der Waals surface area contributed by atoms with Crippen LogP contribution in [0, 0.1) is 11.7 Å². The molecule has 0 spiro atoms. The number of carbonyl (C=O) groups excluding carboxylic acids is 1. The number of rotatable bonds is 7. The quantitative estimate of drug-likeness (QED) is 0.712. The van der Waals surface area contributed by atoms with E-state index in [1.165, 1.54) is 12.1 Å². The molecule has 5 heteroatoms. The van der Waals surface area contributed by atoms with E-state index in [2.05, 4.69) is 10.6 Å². The van der Waals surface area contributed by atoms with Crippen molar-refractivity contribution in [3.63, 3.8) is 0 Å². The summed E-state index contributed by atoms with van der Waals surface area (Å²) >= 11 is 0. The van der Waals surface area contributed by atoms with Gasteiger partial charge in [0.1, 0.15) is 5.82 Å². The highest BCUT2D eigenvalue weighted by atomic mass is 19.1. The Balaban J connectivity index is 2.42. The monoisotopic (exact) mass is 282 g/mol. The van der Waals surface area contributed by atoms with Crippen molar-refractivity contribution >= 4 is 5.91 Å². The minimum absolute atomic E-state index is 0.122. The van der Waals surface area contributed by atoms with E-state index in [4.69, 9.17) is 0 Å². The van der Waals surface area contributed by atoms with Crippen LogP contribution in [0.4, 0.5) is 4.39 Å². The maximum absolute atomic E-state index is 13.5. The zero-order valence-corrected chi connectivity index (χ0v) is 12.2. The average molecular weight is 282 g/mol. The third-order valence-electron chi connectivity index (χ3n) is 2.96. The lowest BCUT2D eigenvalue weighted by Gasteiger charge is -2.18. The standard InChI is InChI=1S/C15H23FN2O2/c1-10(2)8-18-15(20)11(3)17-9-14(19)12-6-4-5-7-13(12)16/h4-7,10-11,14,17,19H,8-9H2,1-3H3,(H,18,20). The van der Waals surface area contributed by atoms with Gasteiger partial charge in [-0.3, -0.25) is 4.79 Å². The second kappa shape index (κ2) is 7.97. The Bertz CT molecular complexity index is 438. The second-order valence-corrected chi connectivity index (χ2v) is 5.31. The van der Waals surface area contributed by atoms with Crippen molar-refractivity contribution in [2.45, 2.75) is 32.9 Å². The number of amides is 1. The number of halogens is 1. The highest BCUT2D eigenvalue weighted by molar-refractivity contribution is 5.81. The van der Waals surface area contributed by atoms with Gasteiger partial charge in [-0.25, -0.2) is 4.39 Å². The van der Waals surface area contributed by atoms with Gasteiger partial charge in [-0.1, -0.05) is 32.0 Å². The average Bonchev–Trinajstić information content (AvgIpc) is 2.42. The number of aliphatic hydroxyl groups excluding tert-OH is 1. The van der Waals surface area contributed by atoms with Gasteiger partial charge in [-0.2, -0.15) is 0 Å². The van der Waals surface area contributed by atoms with Crippen LogP contribution in [-0.4, -0.2) is 30.1 Å². The van der Waals surface area contributed by atoms with E-state index in [1.54, 1.807) is 19.1 Å². The topological polar surface area (TPSA) is 61.4 Å². The Labute approximate surface area is 119 Å². The molecular weight excluding hydrogens is 259 g/mol. The fourth-order valence-electron chi connectivity index (χ4n) is 1.69. The van der Waals surface area contributed by atoms with Crippen molar-refractivity contribution in [2.75, 3.05) is 13.1 Å². The van der Waals surface area contributed by atoms with E-state index in [-0.39, 0.29) is 18.0 Å². The molecular formula is C15H23FN2O2. The maximum atomic E-state index is 13.5. The molecule has 0 saturated carbocycles. The van der Waals surface area contributed by atoms with Gasteiger partial charge in [0.25, 0.3) is 0 Å². The number of aliphatic hydroxyl groups is 1. The minimum Gasteiger partial charge on any atom is -0.387 e. The van der Waals surface area contributed by atoms with Crippen molar-refractivity contribution in [1.82, 2.24) is 10.6 Å². The van der Waals surface area contributed by atoms with Crippen molar-refractivity contribution in [3.8, 4) is 0 Å². The second-order valence-electron chi connectivity index (χ2n) is 5.31. The highest BCUT2D eigenvalue weighted by Crippen LogP contribution is 2.15. The lowest BCUT2D eigenvalue weighted by atomic mass is 10.1. The van der Waals surface area contributed by atoms with Gasteiger partial charge in [0, 0.05) is 18.7 Å². The van der Waals surface area contributed by atoms with E-state index < -0.39 is 18.0 Å². The normalized spacial score (nSPS) is 14.1. The molecule has 2 unspecified atom stereocenters. The lowest BCUT2D eigenvalue weighted by molar-refractivity contribution is -0.123. The van der Waals surface area contributed by atoms with E-state index in [0.717, 1.165) is 0 Å². The molecule has 0 heterocycles. The van der Waals surface area contributed by atoms with E-state index in [9.17, 15) is 14.3 Å². The van der Waals surface area contributed by atoms with Crippen LogP contribution in [0.25, 0.3) is 0 Å². The molecule has 0 bridgehead atoms. The molecule has 3 N–H and O–H groups in total. The van der Waals surface area contributed by atoms with Crippen LogP contribution in [0.2, 0.25) is 0 Å². The Morgan fingerprint density at radius 2 is 1.90 bits per heavy atom. The van der Waals surface area contributed by atoms with Crippen molar-refractivity contribution in [3.05, 3.63) is 35.6 Å². The van der Waals surface area contributed by atoms with Gasteiger partial charge in [0.15, 0.2) is 0 Å². The molecule has 1 aromatic carbocycles. The molecule has 0 aliphatic rings. The number of hydrogen-bond acceptors (Lipinski definition) is 3. The molecule has 1 amide bonds. The third-order valence-corrected chi connectivity index (χ3v) is 2.96. The van der Waals surface area contributed by atoms with Crippen LogP contribution >= 0.6 is 0 Å². The van der Waals surface area contributed by atoms with Crippen molar-refractivity contribution in [1.29, 1.82) is 0 Å². The Hall–Kier alpha value is -1.46. The van der Waals surface area contributed by atoms with Gasteiger partial charge in [-0.15, -0.1) is 0 Å². The number of carbonyl (C=O) groups is 1. The smallest absolute Gasteiger partial charge is 0.236 e. The van der Waals surface area contributed by atoms with E-state index >= 15 is 0 Å². The highest BCUT2D eigenvalue weighted by Gasteiger charge is 2.16. The minimum atomic E-state index is -0.975. The Morgan fingerprint density at radius 1 is 1.25 bits per heavy atom. The van der Waals surface area contributed by atoms with Crippen LogP contribution in [0.1, 0.15) is 32.4 Å². The third kappa shape index (κ3) is 5.27. The predicted octanol–water partition coefficient (Wildman–Crippen LogP) is 1.61. The molecule has 1 aromatic rings. The maximum Gasteiger partial charge on any atom is 0.236 e. The van der Waals surface area contributed by atoms with Crippen molar-refractivity contribution in [2.24, 2.45) is 5.92 Å². The fourth-order valence-corrected chi connectivity index (χ4v) is 1.69. The van der Waals surface area contributed by atoms with Crippen LogP contribution in [0.15, 0.2) is 24.3 Å². The van der Waals surface area contributed by atoms with Crippen LogP contribution in [0.3, 0.4) is 0 Å². The summed E-state index contributed by atoms with van der Waals surface area (Å²) in [6.45, 7) is 6.47. The lowest BCUT2D eigenvalue weighted by Crippen LogP contribution is -2.44. The Kier molecular flexibility index (Phi) is 6.61. The first-order chi connectivity index (χ1) is 9.41. The molecule has 112 valence electrons. The molecule has 4 nitrogen and oxygen atoms in total. The van der Waals surface area contributed by atoms with E-state index in [1.807, 2.05) is 13.8 Å². The van der Waals surface area contributed by atoms with Gasteiger partial charge in [0.2, 0.25) is 5.91 Å². The SMILES string of the molecule is CC(C)CNC(=O)C(C)NCC(O)c1ccccc1F. The largest absolute Gasteiger partial charge is 0.387 e. The summed E-state index contributed by atoms with van der Waals surface area (Å²) in [7, 11) is 0. The van der Waals surface area contributed by atoms with Crippen LogP contribution < -0.4 is 10.6 Å². The van der Waals surface area contributed by atoms with Crippen LogP contribution in [-0.2, 0) is 4.79 Å². The molecule has 0 aromatic heterocycles. The summed E-state index contributed by atoms with van der Waals surface area (Å²) in [6, 6.07) is 5.64. The van der Waals surface area contributed by atoms with Gasteiger partial charge in [-0.05, 0) is 18.9 Å². The Morgan fingerprint density at radius 3 is 2.50 bits per heavy atom. The zero-order chi connectivity index (χ0) is 15.1. The van der Waals surface area contributed by atoms with Crippen molar-refractivity contribution < 1.29 is 14.3 Å². The number of hydrogen-bond donors (Lipinski definition) is 3. The molecule has 20 heavy (non-hydrogen) atoms. The fraction of sp³-hybridized carbons (Fsp3) is 0.533.